The van der Waals surface area contributed by atoms with Gasteiger partial charge in [0.2, 0.25) is 0 Å². The molecule has 3 aliphatic rings. The molecule has 0 spiro atoms. The van der Waals surface area contributed by atoms with Gasteiger partial charge in [-0.2, -0.15) is 0 Å². The summed E-state index contributed by atoms with van der Waals surface area (Å²) in [4.78, 5) is 23.7. The normalized spacial score (nSPS) is 33.0. The molecule has 3 aliphatic carbocycles. The predicted octanol–water partition coefficient (Wildman–Crippen LogP) is 4.28. The molecular weight excluding hydrogens is 316 g/mol. The van der Waals surface area contributed by atoms with Crippen LogP contribution < -0.4 is 0 Å². The Kier molecular flexibility index (Phi) is 6.11. The largest absolute Gasteiger partial charge is 0.481 e. The minimum atomic E-state index is -0.819. The summed E-state index contributed by atoms with van der Waals surface area (Å²) in [6.07, 6.45) is 19.9. The molecule has 0 amide bonds. The van der Waals surface area contributed by atoms with Gasteiger partial charge in [0.05, 0.1) is 11.8 Å². The van der Waals surface area contributed by atoms with Crippen LogP contribution in [0, 0.1) is 23.7 Å². The molecule has 4 unspecified atom stereocenters. The summed E-state index contributed by atoms with van der Waals surface area (Å²) in [5, 5.41) is 9.07. The van der Waals surface area contributed by atoms with Gasteiger partial charge in [0, 0.05) is 11.8 Å². The first-order chi connectivity index (χ1) is 12.1. The smallest absolute Gasteiger partial charge is 0.313 e. The van der Waals surface area contributed by atoms with Crippen molar-refractivity contribution in [2.75, 3.05) is 0 Å². The van der Waals surface area contributed by atoms with E-state index in [4.69, 9.17) is 9.84 Å². The highest BCUT2D eigenvalue weighted by molar-refractivity contribution is 5.77. The lowest BCUT2D eigenvalue weighted by Gasteiger charge is -2.34. The van der Waals surface area contributed by atoms with Crippen molar-refractivity contribution in [3.8, 4) is 0 Å². The average molecular weight is 344 g/mol. The summed E-state index contributed by atoms with van der Waals surface area (Å²) in [7, 11) is 0. The fraction of sp³-hybridized carbons (Fsp3) is 0.619. The number of hydrogen-bond acceptors (Lipinski definition) is 3. The van der Waals surface area contributed by atoms with Gasteiger partial charge in [-0.05, 0) is 51.4 Å². The molecule has 136 valence electrons. The highest BCUT2D eigenvalue weighted by Gasteiger charge is 2.34. The van der Waals surface area contributed by atoms with E-state index in [9.17, 15) is 9.59 Å². The van der Waals surface area contributed by atoms with Crippen LogP contribution in [0.1, 0.15) is 51.4 Å². The molecule has 4 nitrogen and oxygen atoms in total. The molecule has 25 heavy (non-hydrogen) atoms. The van der Waals surface area contributed by atoms with Crippen LogP contribution in [0.3, 0.4) is 0 Å². The average Bonchev–Trinajstić information content (AvgIpc) is 2.67. The zero-order valence-corrected chi connectivity index (χ0v) is 14.7. The zero-order valence-electron chi connectivity index (χ0n) is 14.7. The van der Waals surface area contributed by atoms with Crippen molar-refractivity contribution >= 4 is 11.9 Å². The first-order valence-corrected chi connectivity index (χ1v) is 9.60. The minimum Gasteiger partial charge on any atom is -0.481 e. The van der Waals surface area contributed by atoms with Crippen LogP contribution in [0.2, 0.25) is 0 Å². The van der Waals surface area contributed by atoms with Crippen molar-refractivity contribution in [1.29, 1.82) is 0 Å². The van der Waals surface area contributed by atoms with Crippen LogP contribution in [0.15, 0.2) is 36.5 Å². The minimum absolute atomic E-state index is 0.0915. The van der Waals surface area contributed by atoms with Crippen molar-refractivity contribution < 1.29 is 19.4 Å². The molecule has 4 heteroatoms. The molecular formula is C21H28O4. The number of ether oxygens (including phenoxy) is 1. The van der Waals surface area contributed by atoms with E-state index >= 15 is 0 Å². The summed E-state index contributed by atoms with van der Waals surface area (Å²) in [5.74, 6) is -1.20. The maximum Gasteiger partial charge on any atom is 0.313 e. The lowest BCUT2D eigenvalue weighted by atomic mass is 9.80. The topological polar surface area (TPSA) is 63.6 Å². The molecule has 0 fully saturated rings. The lowest BCUT2D eigenvalue weighted by Crippen LogP contribution is -2.36. The second-order valence-corrected chi connectivity index (χ2v) is 7.46. The molecule has 0 saturated heterocycles. The van der Waals surface area contributed by atoms with E-state index in [0.29, 0.717) is 24.7 Å². The Morgan fingerprint density at radius 2 is 1.40 bits per heavy atom. The van der Waals surface area contributed by atoms with Crippen molar-refractivity contribution in [3.63, 3.8) is 0 Å². The lowest BCUT2D eigenvalue weighted by molar-refractivity contribution is -0.158. The number of carboxylic acids is 1. The Labute approximate surface area is 149 Å². The van der Waals surface area contributed by atoms with E-state index in [0.717, 1.165) is 38.5 Å². The van der Waals surface area contributed by atoms with E-state index in [2.05, 4.69) is 24.3 Å². The molecule has 0 bridgehead atoms. The maximum absolute atomic E-state index is 12.7. The van der Waals surface area contributed by atoms with Gasteiger partial charge < -0.3 is 9.84 Å². The molecule has 0 radical (unpaired) electrons. The van der Waals surface area contributed by atoms with Gasteiger partial charge in [-0.1, -0.05) is 36.5 Å². The highest BCUT2D eigenvalue weighted by atomic mass is 16.5. The van der Waals surface area contributed by atoms with Crippen LogP contribution in [-0.2, 0) is 14.3 Å². The van der Waals surface area contributed by atoms with Gasteiger partial charge in [-0.15, -0.1) is 0 Å². The Balaban J connectivity index is 1.68. The van der Waals surface area contributed by atoms with Crippen molar-refractivity contribution in [1.82, 2.24) is 0 Å². The highest BCUT2D eigenvalue weighted by Crippen LogP contribution is 2.34. The second kappa shape index (κ2) is 8.50. The number of carboxylic acid groups (broad SMARTS) is 1. The van der Waals surface area contributed by atoms with Gasteiger partial charge in [-0.25, -0.2) is 0 Å². The third kappa shape index (κ3) is 4.62. The Morgan fingerprint density at radius 3 is 1.84 bits per heavy atom. The Morgan fingerprint density at radius 1 is 0.840 bits per heavy atom. The molecule has 0 saturated carbocycles. The van der Waals surface area contributed by atoms with E-state index in [1.807, 2.05) is 0 Å². The van der Waals surface area contributed by atoms with Crippen LogP contribution in [0.5, 0.6) is 0 Å². The van der Waals surface area contributed by atoms with Gasteiger partial charge in [0.15, 0.2) is 0 Å². The summed E-state index contributed by atoms with van der Waals surface area (Å²) in [5.41, 5.74) is 0. The monoisotopic (exact) mass is 344 g/mol. The van der Waals surface area contributed by atoms with E-state index < -0.39 is 11.9 Å². The summed E-state index contributed by atoms with van der Waals surface area (Å²) in [6, 6.07) is 0. The fourth-order valence-corrected chi connectivity index (χ4v) is 4.16. The number of rotatable bonds is 5. The van der Waals surface area contributed by atoms with Crippen molar-refractivity contribution in [3.05, 3.63) is 36.5 Å². The van der Waals surface area contributed by atoms with Crippen molar-refractivity contribution in [2.45, 2.75) is 57.5 Å². The van der Waals surface area contributed by atoms with Gasteiger partial charge in [0.25, 0.3) is 0 Å². The quantitative estimate of drug-likeness (QED) is 0.597. The molecule has 0 heterocycles. The third-order valence-electron chi connectivity index (χ3n) is 5.66. The van der Waals surface area contributed by atoms with Gasteiger partial charge in [-0.3, -0.25) is 9.59 Å². The Hall–Kier alpha value is -1.84. The van der Waals surface area contributed by atoms with Crippen LogP contribution in [-0.4, -0.2) is 23.1 Å². The molecule has 0 aromatic carbocycles. The third-order valence-corrected chi connectivity index (χ3v) is 5.66. The first kappa shape index (κ1) is 18.0. The number of hydrogen-bond donors (Lipinski definition) is 1. The first-order valence-electron chi connectivity index (χ1n) is 9.60. The molecule has 4 atom stereocenters. The predicted molar refractivity (Wildman–Crippen MR) is 95.8 cm³/mol. The summed E-state index contributed by atoms with van der Waals surface area (Å²) in [6.45, 7) is 0. The summed E-state index contributed by atoms with van der Waals surface area (Å²) < 4.78 is 6.02. The number of carbonyl (C=O) groups excluding carboxylic acids is 1. The van der Waals surface area contributed by atoms with Crippen LogP contribution in [0.25, 0.3) is 0 Å². The molecule has 0 aliphatic heterocycles. The standard InChI is InChI=1S/C21H28O4/c22-20(23)17-11-13-18(14-12-17)21(24)25-19(15-7-3-1-4-8-15)16-9-5-2-6-10-16/h3,5,7,9,11,13,15-19H,1-2,4,6,8,10,12,14H2,(H,22,23). The number of esters is 1. The fourth-order valence-electron chi connectivity index (χ4n) is 4.16. The summed E-state index contributed by atoms with van der Waals surface area (Å²) >= 11 is 0. The van der Waals surface area contributed by atoms with E-state index in [-0.39, 0.29) is 18.0 Å². The van der Waals surface area contributed by atoms with Gasteiger partial charge in [0.1, 0.15) is 6.10 Å². The van der Waals surface area contributed by atoms with E-state index in [1.165, 1.54) is 0 Å². The molecule has 3 rings (SSSR count). The number of allylic oxidation sites excluding steroid dienone is 2. The SMILES string of the molecule is O=C(O)C1C=CC(C(=O)OC(C2C=CCCC2)C2C=CCCC2)CC1. The van der Waals surface area contributed by atoms with Crippen LogP contribution in [0.4, 0.5) is 0 Å². The van der Waals surface area contributed by atoms with Gasteiger partial charge >= 0.3 is 11.9 Å². The number of carbonyl (C=O) groups is 2. The molecule has 0 aromatic rings. The Bertz CT molecular complexity index is 550. The number of aliphatic carboxylic acids is 1. The van der Waals surface area contributed by atoms with E-state index in [1.54, 1.807) is 12.2 Å². The second-order valence-electron chi connectivity index (χ2n) is 7.46. The van der Waals surface area contributed by atoms with Crippen LogP contribution >= 0.6 is 0 Å². The molecule has 1 N–H and O–H groups in total. The van der Waals surface area contributed by atoms with Crippen molar-refractivity contribution in [2.24, 2.45) is 23.7 Å². The maximum atomic E-state index is 12.7. The molecule has 0 aromatic heterocycles. The zero-order chi connectivity index (χ0) is 17.6.